The number of aryl methyl sites for hydroxylation is 2. The number of ketones is 1. The van der Waals surface area contributed by atoms with E-state index in [0.717, 1.165) is 24.4 Å². The fourth-order valence-electron chi connectivity index (χ4n) is 3.59. The lowest BCUT2D eigenvalue weighted by molar-refractivity contribution is -0.142. The van der Waals surface area contributed by atoms with Crippen LogP contribution >= 0.6 is 0 Å². The molecule has 0 aliphatic rings. The van der Waals surface area contributed by atoms with Crippen LogP contribution in [0, 0.1) is 19.8 Å². The number of nitrogens with zero attached hydrogens (tertiary/aromatic N) is 3. The quantitative estimate of drug-likeness (QED) is 0.387. The number of fused-ring (bicyclic) bond motifs is 1. The number of benzene rings is 1. The van der Waals surface area contributed by atoms with Gasteiger partial charge < -0.3 is 9.30 Å². The van der Waals surface area contributed by atoms with E-state index < -0.39 is 5.97 Å². The Morgan fingerprint density at radius 2 is 1.87 bits per heavy atom. The monoisotopic (exact) mass is 423 g/mol. The Morgan fingerprint density at radius 3 is 2.61 bits per heavy atom. The van der Waals surface area contributed by atoms with E-state index in [0.29, 0.717) is 22.4 Å². The topological polar surface area (TPSA) is 83.2 Å². The molecule has 164 valence electrons. The second-order valence-corrected chi connectivity index (χ2v) is 8.21. The van der Waals surface area contributed by atoms with Gasteiger partial charge in [0.05, 0.1) is 23.7 Å². The van der Waals surface area contributed by atoms with E-state index in [2.05, 4.69) is 23.4 Å². The summed E-state index contributed by atoms with van der Waals surface area (Å²) in [5.74, 6) is -0.171. The first-order valence-electron chi connectivity index (χ1n) is 10.6. The Morgan fingerprint density at radius 1 is 1.13 bits per heavy atom. The summed E-state index contributed by atoms with van der Waals surface area (Å²) in [5, 5.41) is 0.501. The molecule has 0 unspecified atom stereocenters. The summed E-state index contributed by atoms with van der Waals surface area (Å²) in [4.78, 5) is 41.4. The standard InChI is InChI=1S/C24H29N3O4/c1-16(2)9-12-27-17(3)13-20(18(27)4)22(28)14-31-23(29)10-11-26-15-25-21-8-6-5-7-19(21)24(26)30/h5-8,13,15-16H,9-12,14H2,1-4H3. The van der Waals surface area contributed by atoms with Gasteiger partial charge >= 0.3 is 5.97 Å². The number of carbonyl (C=O) groups is 2. The molecule has 0 aliphatic heterocycles. The third-order valence-corrected chi connectivity index (χ3v) is 5.46. The highest BCUT2D eigenvalue weighted by Crippen LogP contribution is 2.18. The minimum atomic E-state index is -0.526. The molecule has 0 bridgehead atoms. The number of carbonyl (C=O) groups excluding carboxylic acids is 2. The molecular formula is C24H29N3O4. The van der Waals surface area contributed by atoms with Crippen LogP contribution in [0.2, 0.25) is 0 Å². The van der Waals surface area contributed by atoms with Gasteiger partial charge in [-0.1, -0.05) is 26.0 Å². The molecule has 0 amide bonds. The first kappa shape index (κ1) is 22.5. The van der Waals surface area contributed by atoms with E-state index in [1.54, 1.807) is 18.2 Å². The predicted octanol–water partition coefficient (Wildman–Crippen LogP) is 3.68. The summed E-state index contributed by atoms with van der Waals surface area (Å²) >= 11 is 0. The first-order valence-corrected chi connectivity index (χ1v) is 10.6. The summed E-state index contributed by atoms with van der Waals surface area (Å²) in [6.45, 7) is 8.93. The maximum absolute atomic E-state index is 12.6. The summed E-state index contributed by atoms with van der Waals surface area (Å²) in [6.07, 6.45) is 2.44. The molecule has 2 aromatic heterocycles. The Balaban J connectivity index is 1.56. The van der Waals surface area contributed by atoms with Crippen LogP contribution in [0.4, 0.5) is 0 Å². The van der Waals surface area contributed by atoms with Crippen molar-refractivity contribution in [1.29, 1.82) is 0 Å². The number of aromatic nitrogens is 3. The van der Waals surface area contributed by atoms with E-state index in [9.17, 15) is 14.4 Å². The second kappa shape index (κ2) is 9.73. The van der Waals surface area contributed by atoms with Gasteiger partial charge in [0.1, 0.15) is 0 Å². The highest BCUT2D eigenvalue weighted by Gasteiger charge is 2.17. The van der Waals surface area contributed by atoms with Crippen molar-refractivity contribution in [3.8, 4) is 0 Å². The molecule has 1 aromatic carbocycles. The van der Waals surface area contributed by atoms with Gasteiger partial charge in [-0.05, 0) is 44.4 Å². The maximum Gasteiger partial charge on any atom is 0.308 e. The van der Waals surface area contributed by atoms with E-state index in [-0.39, 0.29) is 30.9 Å². The summed E-state index contributed by atoms with van der Waals surface area (Å²) in [6, 6.07) is 8.91. The fraction of sp³-hybridized carbons (Fsp3) is 0.417. The van der Waals surface area contributed by atoms with Crippen molar-refractivity contribution in [2.24, 2.45) is 5.92 Å². The third kappa shape index (κ3) is 5.29. The molecule has 3 rings (SSSR count). The van der Waals surface area contributed by atoms with Gasteiger partial charge in [0.25, 0.3) is 5.56 Å². The normalized spacial score (nSPS) is 11.3. The number of hydrogen-bond acceptors (Lipinski definition) is 5. The third-order valence-electron chi connectivity index (χ3n) is 5.46. The molecule has 0 saturated carbocycles. The van der Waals surface area contributed by atoms with Gasteiger partial charge in [-0.25, -0.2) is 4.98 Å². The largest absolute Gasteiger partial charge is 0.457 e. The number of hydrogen-bond donors (Lipinski definition) is 0. The lowest BCUT2D eigenvalue weighted by Crippen LogP contribution is -2.23. The fourth-order valence-corrected chi connectivity index (χ4v) is 3.59. The molecule has 2 heterocycles. The zero-order valence-electron chi connectivity index (χ0n) is 18.6. The zero-order valence-corrected chi connectivity index (χ0v) is 18.6. The summed E-state index contributed by atoms with van der Waals surface area (Å²) in [5.41, 5.74) is 2.92. The predicted molar refractivity (Wildman–Crippen MR) is 119 cm³/mol. The average Bonchev–Trinajstić information content (AvgIpc) is 3.03. The molecule has 0 atom stereocenters. The van der Waals surface area contributed by atoms with Crippen LogP contribution in [-0.2, 0) is 22.6 Å². The molecule has 0 N–H and O–H groups in total. The van der Waals surface area contributed by atoms with Crippen LogP contribution in [0.3, 0.4) is 0 Å². The molecule has 0 radical (unpaired) electrons. The van der Waals surface area contributed by atoms with Crippen molar-refractivity contribution in [3.63, 3.8) is 0 Å². The minimum absolute atomic E-state index is 0.0133. The van der Waals surface area contributed by atoms with Crippen LogP contribution < -0.4 is 5.56 Å². The number of Topliss-reactive ketones (excluding diaryl/α,β-unsaturated/α-hetero) is 1. The van der Waals surface area contributed by atoms with Crippen LogP contribution in [0.5, 0.6) is 0 Å². The van der Waals surface area contributed by atoms with Crippen molar-refractivity contribution in [2.45, 2.75) is 53.6 Å². The number of rotatable bonds is 9. The SMILES string of the molecule is Cc1cc(C(=O)COC(=O)CCn2cnc3ccccc3c2=O)c(C)n1CCC(C)C. The van der Waals surface area contributed by atoms with Crippen molar-refractivity contribution in [2.75, 3.05) is 6.61 Å². The molecule has 0 fully saturated rings. The number of ether oxygens (including phenoxy) is 1. The highest BCUT2D eigenvalue weighted by atomic mass is 16.5. The van der Waals surface area contributed by atoms with Gasteiger partial charge in [-0.15, -0.1) is 0 Å². The van der Waals surface area contributed by atoms with Crippen molar-refractivity contribution in [3.05, 3.63) is 64.0 Å². The van der Waals surface area contributed by atoms with Crippen LogP contribution in [0.1, 0.15) is 48.4 Å². The van der Waals surface area contributed by atoms with Gasteiger partial charge in [0.15, 0.2) is 6.61 Å². The van der Waals surface area contributed by atoms with Gasteiger partial charge in [0.2, 0.25) is 5.78 Å². The van der Waals surface area contributed by atoms with Crippen LogP contribution in [0.15, 0.2) is 41.5 Å². The molecular weight excluding hydrogens is 394 g/mol. The Kier molecular flexibility index (Phi) is 7.05. The number of esters is 1. The smallest absolute Gasteiger partial charge is 0.308 e. The highest BCUT2D eigenvalue weighted by molar-refractivity contribution is 5.99. The minimum Gasteiger partial charge on any atom is -0.457 e. The summed E-state index contributed by atoms with van der Waals surface area (Å²) < 4.78 is 8.69. The molecule has 7 heteroatoms. The molecule has 0 aliphatic carbocycles. The van der Waals surface area contributed by atoms with E-state index >= 15 is 0 Å². The lowest BCUT2D eigenvalue weighted by atomic mass is 10.1. The van der Waals surface area contributed by atoms with Crippen LogP contribution in [0.25, 0.3) is 10.9 Å². The van der Waals surface area contributed by atoms with Crippen LogP contribution in [-0.4, -0.2) is 32.5 Å². The van der Waals surface area contributed by atoms with Gasteiger partial charge in [-0.3, -0.25) is 19.0 Å². The van der Waals surface area contributed by atoms with Crippen molar-refractivity contribution in [1.82, 2.24) is 14.1 Å². The van der Waals surface area contributed by atoms with E-state index in [1.165, 1.54) is 10.9 Å². The maximum atomic E-state index is 12.6. The van der Waals surface area contributed by atoms with Gasteiger partial charge in [-0.2, -0.15) is 0 Å². The molecule has 31 heavy (non-hydrogen) atoms. The lowest BCUT2D eigenvalue weighted by Gasteiger charge is -2.11. The molecule has 3 aromatic rings. The summed E-state index contributed by atoms with van der Waals surface area (Å²) in [7, 11) is 0. The Labute approximate surface area is 181 Å². The van der Waals surface area contributed by atoms with E-state index in [1.807, 2.05) is 26.0 Å². The molecule has 0 spiro atoms. The Hall–Kier alpha value is -3.22. The second-order valence-electron chi connectivity index (χ2n) is 8.21. The van der Waals surface area contributed by atoms with Crippen molar-refractivity contribution >= 4 is 22.7 Å². The number of para-hydroxylation sites is 1. The first-order chi connectivity index (χ1) is 14.8. The van der Waals surface area contributed by atoms with Crippen molar-refractivity contribution < 1.29 is 14.3 Å². The molecule has 0 saturated heterocycles. The van der Waals surface area contributed by atoms with Gasteiger partial charge in [0, 0.05) is 30.0 Å². The van der Waals surface area contributed by atoms with E-state index in [4.69, 9.17) is 4.74 Å². The molecule has 7 nitrogen and oxygen atoms in total. The Bertz CT molecular complexity index is 1160. The average molecular weight is 424 g/mol. The zero-order chi connectivity index (χ0) is 22.5.